The molecule has 2 aromatic carbocycles. The maximum atomic E-state index is 12.6. The molecule has 0 aliphatic rings. The van der Waals surface area contributed by atoms with E-state index in [1.54, 1.807) is 0 Å². The molecule has 0 fully saturated rings. The highest BCUT2D eigenvalue weighted by atomic mass is 32.1. The third-order valence-electron chi connectivity index (χ3n) is 3.87. The second-order valence-electron chi connectivity index (χ2n) is 5.47. The van der Waals surface area contributed by atoms with Crippen LogP contribution in [-0.4, -0.2) is 10.9 Å². The molecule has 0 aliphatic heterocycles. The summed E-state index contributed by atoms with van der Waals surface area (Å²) in [5.74, 6) is 5.34. The summed E-state index contributed by atoms with van der Waals surface area (Å²) in [5, 5.41) is 3.70. The van der Waals surface area contributed by atoms with Gasteiger partial charge in [-0.15, -0.1) is 0 Å². The van der Waals surface area contributed by atoms with Gasteiger partial charge in [-0.3, -0.25) is 10.2 Å². The van der Waals surface area contributed by atoms with Crippen molar-refractivity contribution in [1.29, 1.82) is 0 Å². The number of carbonyl (C=O) groups excluding carboxylic acids is 1. The highest BCUT2D eigenvalue weighted by Gasteiger charge is 2.16. The molecule has 118 valence electrons. The molecule has 0 saturated carbocycles. The molecule has 3 rings (SSSR count). The number of benzene rings is 2. The zero-order valence-corrected chi connectivity index (χ0v) is 14.0. The summed E-state index contributed by atoms with van der Waals surface area (Å²) in [5.41, 5.74) is 7.90. The monoisotopic (exact) mass is 326 g/mol. The Morgan fingerprint density at radius 1 is 1.17 bits per heavy atom. The van der Waals surface area contributed by atoms with Crippen molar-refractivity contribution in [3.8, 4) is 0 Å². The Bertz CT molecular complexity index is 901. The Balaban J connectivity index is 2.03. The lowest BCUT2D eigenvalue weighted by Crippen LogP contribution is -2.15. The number of hydrogen-bond donors (Lipinski definition) is 3. The van der Waals surface area contributed by atoms with E-state index >= 15 is 0 Å². The predicted molar refractivity (Wildman–Crippen MR) is 96.0 cm³/mol. The number of rotatable bonds is 3. The number of nitrogens with one attached hydrogen (secondary N) is 2. The summed E-state index contributed by atoms with van der Waals surface area (Å²) in [6.45, 7) is 5.89. The van der Waals surface area contributed by atoms with Crippen molar-refractivity contribution in [2.24, 2.45) is 5.84 Å². The number of fused-ring (bicyclic) bond motifs is 1. The molecule has 5 nitrogen and oxygen atoms in total. The third-order valence-corrected chi connectivity index (χ3v) is 4.99. The molecule has 0 radical (unpaired) electrons. The van der Waals surface area contributed by atoms with Gasteiger partial charge in [0, 0.05) is 11.3 Å². The zero-order valence-electron chi connectivity index (χ0n) is 13.2. The van der Waals surface area contributed by atoms with Gasteiger partial charge in [0.2, 0.25) is 0 Å². The van der Waals surface area contributed by atoms with E-state index in [9.17, 15) is 4.79 Å². The van der Waals surface area contributed by atoms with Crippen molar-refractivity contribution < 1.29 is 4.79 Å². The van der Waals surface area contributed by atoms with E-state index in [0.717, 1.165) is 32.6 Å². The Hall–Kier alpha value is -2.44. The number of aromatic nitrogens is 1. The van der Waals surface area contributed by atoms with Crippen molar-refractivity contribution in [3.63, 3.8) is 0 Å². The van der Waals surface area contributed by atoms with E-state index in [1.807, 2.05) is 51.1 Å². The molecule has 0 bridgehead atoms. The van der Waals surface area contributed by atoms with Crippen LogP contribution in [0.3, 0.4) is 0 Å². The molecule has 1 amide bonds. The van der Waals surface area contributed by atoms with Gasteiger partial charge in [0.15, 0.2) is 5.13 Å². The fourth-order valence-corrected chi connectivity index (χ4v) is 3.51. The van der Waals surface area contributed by atoms with Crippen molar-refractivity contribution in [2.75, 3.05) is 10.7 Å². The normalized spacial score (nSPS) is 10.8. The molecule has 1 heterocycles. The van der Waals surface area contributed by atoms with E-state index in [2.05, 4.69) is 15.7 Å². The number of nitrogens with zero attached hydrogens (tertiary/aromatic N) is 1. The van der Waals surface area contributed by atoms with Crippen LogP contribution in [0.1, 0.15) is 27.0 Å². The number of nitrogen functional groups attached to an aromatic ring is 1. The minimum atomic E-state index is -0.102. The highest BCUT2D eigenvalue weighted by Crippen LogP contribution is 2.35. The standard InChI is InChI=1S/C17H18N4OS/c1-9-6-4-5-7-12(9)16(22)20-14-10(2)8-13-15(11(14)3)23-17(19-13)21-18/h4-8H,18H2,1-3H3,(H,19,21)(H,20,22). The van der Waals surface area contributed by atoms with Gasteiger partial charge in [0.1, 0.15) is 0 Å². The maximum Gasteiger partial charge on any atom is 0.255 e. The molecule has 1 aromatic heterocycles. The molecule has 0 aliphatic carbocycles. The average Bonchev–Trinajstić information content (AvgIpc) is 2.95. The van der Waals surface area contributed by atoms with Gasteiger partial charge >= 0.3 is 0 Å². The van der Waals surface area contributed by atoms with Crippen LogP contribution >= 0.6 is 11.3 Å². The molecular formula is C17H18N4OS. The highest BCUT2D eigenvalue weighted by molar-refractivity contribution is 7.22. The fourth-order valence-electron chi connectivity index (χ4n) is 2.65. The van der Waals surface area contributed by atoms with E-state index in [4.69, 9.17) is 5.84 Å². The number of thiazole rings is 1. The number of hydrogen-bond acceptors (Lipinski definition) is 5. The molecule has 0 saturated heterocycles. The number of anilines is 2. The molecule has 0 unspecified atom stereocenters. The quantitative estimate of drug-likeness (QED) is 0.506. The van der Waals surface area contributed by atoms with E-state index in [0.29, 0.717) is 10.7 Å². The van der Waals surface area contributed by atoms with Crippen LogP contribution in [0.25, 0.3) is 10.2 Å². The number of hydrazine groups is 1. The lowest BCUT2D eigenvalue weighted by atomic mass is 10.1. The third kappa shape index (κ3) is 2.78. The van der Waals surface area contributed by atoms with Crippen molar-refractivity contribution in [1.82, 2.24) is 4.98 Å². The SMILES string of the molecule is Cc1ccccc1C(=O)Nc1c(C)cc2nc(NN)sc2c1C. The van der Waals surface area contributed by atoms with E-state index in [-0.39, 0.29) is 5.91 Å². The molecule has 23 heavy (non-hydrogen) atoms. The first kappa shape index (κ1) is 15.5. The molecular weight excluding hydrogens is 308 g/mol. The van der Waals surface area contributed by atoms with Gasteiger partial charge in [-0.1, -0.05) is 29.5 Å². The summed E-state index contributed by atoms with van der Waals surface area (Å²) < 4.78 is 1.02. The van der Waals surface area contributed by atoms with Crippen molar-refractivity contribution in [2.45, 2.75) is 20.8 Å². The van der Waals surface area contributed by atoms with Gasteiger partial charge in [-0.05, 0) is 49.6 Å². The van der Waals surface area contributed by atoms with Crippen LogP contribution in [-0.2, 0) is 0 Å². The van der Waals surface area contributed by atoms with E-state index < -0.39 is 0 Å². The van der Waals surface area contributed by atoms with Crippen LogP contribution in [0.2, 0.25) is 0 Å². The lowest BCUT2D eigenvalue weighted by Gasteiger charge is -2.13. The summed E-state index contributed by atoms with van der Waals surface area (Å²) in [4.78, 5) is 17.0. The first-order valence-electron chi connectivity index (χ1n) is 7.25. The number of amides is 1. The summed E-state index contributed by atoms with van der Waals surface area (Å²) in [7, 11) is 0. The second kappa shape index (κ2) is 5.98. The van der Waals surface area contributed by atoms with Gasteiger partial charge in [-0.2, -0.15) is 0 Å². The molecule has 0 spiro atoms. The molecule has 6 heteroatoms. The van der Waals surface area contributed by atoms with Gasteiger partial charge in [0.25, 0.3) is 5.91 Å². The minimum Gasteiger partial charge on any atom is -0.321 e. The van der Waals surface area contributed by atoms with Gasteiger partial charge < -0.3 is 5.32 Å². The Kier molecular flexibility index (Phi) is 4.02. The van der Waals surface area contributed by atoms with E-state index in [1.165, 1.54) is 11.3 Å². The summed E-state index contributed by atoms with van der Waals surface area (Å²) in [6, 6.07) is 9.52. The van der Waals surface area contributed by atoms with Crippen LogP contribution in [0.4, 0.5) is 10.8 Å². The number of carbonyl (C=O) groups is 1. The first-order valence-corrected chi connectivity index (χ1v) is 8.07. The van der Waals surface area contributed by atoms with Crippen LogP contribution in [0.15, 0.2) is 30.3 Å². The Morgan fingerprint density at radius 2 is 1.91 bits per heavy atom. The number of aryl methyl sites for hydroxylation is 3. The predicted octanol–water partition coefficient (Wildman–Crippen LogP) is 3.76. The Labute approximate surface area is 138 Å². The van der Waals surface area contributed by atoms with Crippen LogP contribution < -0.4 is 16.6 Å². The lowest BCUT2D eigenvalue weighted by molar-refractivity contribution is 0.102. The molecule has 4 N–H and O–H groups in total. The fraction of sp³-hybridized carbons (Fsp3) is 0.176. The second-order valence-corrected chi connectivity index (χ2v) is 6.47. The Morgan fingerprint density at radius 3 is 2.61 bits per heavy atom. The smallest absolute Gasteiger partial charge is 0.255 e. The van der Waals surface area contributed by atoms with Crippen LogP contribution in [0.5, 0.6) is 0 Å². The average molecular weight is 326 g/mol. The van der Waals surface area contributed by atoms with Gasteiger partial charge in [-0.25, -0.2) is 10.8 Å². The maximum absolute atomic E-state index is 12.6. The summed E-state index contributed by atoms with van der Waals surface area (Å²) >= 11 is 1.47. The van der Waals surface area contributed by atoms with Gasteiger partial charge in [0.05, 0.1) is 10.2 Å². The molecule has 3 aromatic rings. The summed E-state index contributed by atoms with van der Waals surface area (Å²) in [6.07, 6.45) is 0. The molecule has 0 atom stereocenters. The topological polar surface area (TPSA) is 80.0 Å². The van der Waals surface area contributed by atoms with Crippen molar-refractivity contribution in [3.05, 3.63) is 52.6 Å². The largest absolute Gasteiger partial charge is 0.321 e. The van der Waals surface area contributed by atoms with Crippen LogP contribution in [0, 0.1) is 20.8 Å². The van der Waals surface area contributed by atoms with Crippen molar-refractivity contribution >= 4 is 38.3 Å². The minimum absolute atomic E-state index is 0.102. The number of nitrogens with two attached hydrogens (primary N) is 1. The first-order chi connectivity index (χ1) is 11.0. The zero-order chi connectivity index (χ0) is 16.6.